The summed E-state index contributed by atoms with van der Waals surface area (Å²) in [5.74, 6) is 0. The van der Waals surface area contributed by atoms with Crippen LogP contribution >= 0.6 is 0 Å². The Hall–Kier alpha value is -2.70. The van der Waals surface area contributed by atoms with E-state index in [0.29, 0.717) is 0 Å². The molecule has 0 radical (unpaired) electrons. The predicted octanol–water partition coefficient (Wildman–Crippen LogP) is 4.41. The standard InChI is InChI=1S/C16H12.CHNO/c1-2-6-13(7-3-1)16-11-10-14-8-4-5-9-15(14)12-16;2-1-3/h1-12H;2H. The minimum atomic E-state index is 0.750. The molecule has 0 unspecified atom stereocenters. The molecule has 0 aliphatic carbocycles. The van der Waals surface area contributed by atoms with Crippen molar-refractivity contribution >= 4 is 16.9 Å². The molecule has 0 aliphatic rings. The van der Waals surface area contributed by atoms with E-state index >= 15 is 0 Å². The highest BCUT2D eigenvalue weighted by Crippen LogP contribution is 2.23. The van der Waals surface area contributed by atoms with Crippen molar-refractivity contribution < 1.29 is 4.79 Å². The summed E-state index contributed by atoms with van der Waals surface area (Å²) < 4.78 is 0. The van der Waals surface area contributed by atoms with Crippen molar-refractivity contribution in [2.24, 2.45) is 0 Å². The van der Waals surface area contributed by atoms with Crippen molar-refractivity contribution in [3.8, 4) is 11.1 Å². The maximum absolute atomic E-state index is 8.35. The molecule has 0 spiro atoms. The highest BCUT2D eigenvalue weighted by molar-refractivity contribution is 5.87. The maximum atomic E-state index is 8.35. The molecule has 2 nitrogen and oxygen atoms in total. The van der Waals surface area contributed by atoms with Crippen LogP contribution in [-0.4, -0.2) is 6.08 Å². The zero-order chi connectivity index (χ0) is 13.5. The Labute approximate surface area is 111 Å². The van der Waals surface area contributed by atoms with E-state index < -0.39 is 0 Å². The number of carbonyl (C=O) groups excluding carboxylic acids is 1. The largest absolute Gasteiger partial charge is 0.231 e. The molecule has 0 amide bonds. The van der Waals surface area contributed by atoms with Crippen molar-refractivity contribution in [3.05, 3.63) is 72.8 Å². The Kier molecular flexibility index (Phi) is 4.22. The second-order valence-corrected chi connectivity index (χ2v) is 4.03. The SMILES string of the molecule is N=C=O.c1ccc(-c2ccc3ccccc3c2)cc1. The molecule has 1 N–H and O–H groups in total. The number of rotatable bonds is 1. The van der Waals surface area contributed by atoms with Gasteiger partial charge in [-0.15, -0.1) is 0 Å². The lowest BCUT2D eigenvalue weighted by molar-refractivity contribution is 0.563. The van der Waals surface area contributed by atoms with Crippen LogP contribution in [0.4, 0.5) is 0 Å². The summed E-state index contributed by atoms with van der Waals surface area (Å²) >= 11 is 0. The molecule has 0 aliphatic heterocycles. The van der Waals surface area contributed by atoms with Crippen LogP contribution in [0.2, 0.25) is 0 Å². The topological polar surface area (TPSA) is 40.9 Å². The first kappa shape index (κ1) is 12.7. The van der Waals surface area contributed by atoms with E-state index in [1.54, 1.807) is 0 Å². The van der Waals surface area contributed by atoms with Crippen LogP contribution in [0, 0.1) is 5.41 Å². The minimum Gasteiger partial charge on any atom is -0.222 e. The molecular formula is C17H13NO. The lowest BCUT2D eigenvalue weighted by atomic mass is 10.0. The van der Waals surface area contributed by atoms with E-state index in [-0.39, 0.29) is 0 Å². The zero-order valence-electron chi connectivity index (χ0n) is 10.3. The van der Waals surface area contributed by atoms with Crippen LogP contribution in [-0.2, 0) is 4.79 Å². The molecule has 2 heteroatoms. The van der Waals surface area contributed by atoms with Gasteiger partial charge in [-0.1, -0.05) is 66.7 Å². The Morgan fingerprint density at radius 3 is 1.95 bits per heavy atom. The highest BCUT2D eigenvalue weighted by Gasteiger charge is 1.97. The molecule has 3 rings (SSSR count). The van der Waals surface area contributed by atoms with Gasteiger partial charge in [0.15, 0.2) is 0 Å². The number of hydrogen-bond acceptors (Lipinski definition) is 2. The average Bonchev–Trinajstić information content (AvgIpc) is 2.48. The third-order valence-corrected chi connectivity index (χ3v) is 2.86. The van der Waals surface area contributed by atoms with E-state index in [1.165, 1.54) is 21.9 Å². The van der Waals surface area contributed by atoms with Crippen molar-refractivity contribution in [2.75, 3.05) is 0 Å². The van der Waals surface area contributed by atoms with Crippen LogP contribution in [0.1, 0.15) is 0 Å². The molecule has 0 atom stereocenters. The summed E-state index contributed by atoms with van der Waals surface area (Å²) in [6, 6.07) is 25.5. The number of nitrogens with one attached hydrogen (secondary N) is 1. The van der Waals surface area contributed by atoms with Gasteiger partial charge in [0.2, 0.25) is 6.08 Å². The van der Waals surface area contributed by atoms with Crippen LogP contribution < -0.4 is 0 Å². The van der Waals surface area contributed by atoms with Crippen LogP contribution in [0.3, 0.4) is 0 Å². The van der Waals surface area contributed by atoms with Gasteiger partial charge in [-0.2, -0.15) is 0 Å². The van der Waals surface area contributed by atoms with E-state index in [4.69, 9.17) is 10.2 Å². The minimum absolute atomic E-state index is 0.750. The van der Waals surface area contributed by atoms with Crippen LogP contribution in [0.15, 0.2) is 72.8 Å². The Morgan fingerprint density at radius 1 is 0.684 bits per heavy atom. The second kappa shape index (κ2) is 6.29. The van der Waals surface area contributed by atoms with Gasteiger partial charge >= 0.3 is 0 Å². The van der Waals surface area contributed by atoms with E-state index in [9.17, 15) is 0 Å². The highest BCUT2D eigenvalue weighted by atomic mass is 16.1. The van der Waals surface area contributed by atoms with Gasteiger partial charge in [0.1, 0.15) is 0 Å². The van der Waals surface area contributed by atoms with Gasteiger partial charge in [0.05, 0.1) is 0 Å². The molecule has 92 valence electrons. The molecule has 0 bridgehead atoms. The fraction of sp³-hybridized carbons (Fsp3) is 0. The Balaban J connectivity index is 0.000000408. The molecular weight excluding hydrogens is 234 g/mol. The lowest BCUT2D eigenvalue weighted by Crippen LogP contribution is -1.77. The van der Waals surface area contributed by atoms with Gasteiger partial charge < -0.3 is 0 Å². The molecule has 0 fully saturated rings. The number of hydrogen-bond donors (Lipinski definition) is 1. The lowest BCUT2D eigenvalue weighted by Gasteiger charge is -2.03. The van der Waals surface area contributed by atoms with E-state index in [0.717, 1.165) is 6.08 Å². The van der Waals surface area contributed by atoms with Crippen LogP contribution in [0.25, 0.3) is 21.9 Å². The summed E-state index contributed by atoms with van der Waals surface area (Å²) in [5.41, 5.74) is 2.55. The number of isocyanates is 1. The fourth-order valence-corrected chi connectivity index (χ4v) is 2.00. The zero-order valence-corrected chi connectivity index (χ0v) is 10.3. The molecule has 0 aromatic heterocycles. The molecule has 0 saturated carbocycles. The molecule has 0 saturated heterocycles. The third kappa shape index (κ3) is 3.15. The normalized spacial score (nSPS) is 9.26. The summed E-state index contributed by atoms with van der Waals surface area (Å²) in [6.45, 7) is 0. The maximum Gasteiger partial charge on any atom is 0.231 e. The third-order valence-electron chi connectivity index (χ3n) is 2.86. The second-order valence-electron chi connectivity index (χ2n) is 4.03. The first-order valence-electron chi connectivity index (χ1n) is 5.93. The molecule has 3 aromatic rings. The monoisotopic (exact) mass is 247 g/mol. The van der Waals surface area contributed by atoms with Gasteiger partial charge in [0.25, 0.3) is 0 Å². The average molecular weight is 247 g/mol. The van der Waals surface area contributed by atoms with Crippen molar-refractivity contribution in [1.29, 1.82) is 5.41 Å². The van der Waals surface area contributed by atoms with Crippen LogP contribution in [0.5, 0.6) is 0 Å². The first-order chi connectivity index (χ1) is 9.35. The van der Waals surface area contributed by atoms with Crippen molar-refractivity contribution in [1.82, 2.24) is 0 Å². The van der Waals surface area contributed by atoms with Gasteiger partial charge in [0, 0.05) is 0 Å². The Bertz CT molecular complexity index is 699. The summed E-state index contributed by atoms with van der Waals surface area (Å²) in [6.07, 6.45) is 0.750. The van der Waals surface area contributed by atoms with Crippen molar-refractivity contribution in [2.45, 2.75) is 0 Å². The van der Waals surface area contributed by atoms with Crippen molar-refractivity contribution in [3.63, 3.8) is 0 Å². The smallest absolute Gasteiger partial charge is 0.222 e. The summed E-state index contributed by atoms with van der Waals surface area (Å²) in [7, 11) is 0. The summed E-state index contributed by atoms with van der Waals surface area (Å²) in [5, 5.41) is 7.99. The van der Waals surface area contributed by atoms with Gasteiger partial charge in [-0.3, -0.25) is 0 Å². The fourth-order valence-electron chi connectivity index (χ4n) is 2.00. The Morgan fingerprint density at radius 2 is 1.26 bits per heavy atom. The summed E-state index contributed by atoms with van der Waals surface area (Å²) in [4.78, 5) is 8.35. The van der Waals surface area contributed by atoms with E-state index in [1.807, 2.05) is 6.07 Å². The molecule has 3 aromatic carbocycles. The van der Waals surface area contributed by atoms with Gasteiger partial charge in [-0.05, 0) is 28.0 Å². The quantitative estimate of drug-likeness (QED) is 0.502. The predicted molar refractivity (Wildman–Crippen MR) is 77.8 cm³/mol. The molecule has 0 heterocycles. The van der Waals surface area contributed by atoms with E-state index in [2.05, 4.69) is 66.7 Å². The number of benzene rings is 3. The molecule has 19 heavy (non-hydrogen) atoms. The number of fused-ring (bicyclic) bond motifs is 1. The van der Waals surface area contributed by atoms with Gasteiger partial charge in [-0.25, -0.2) is 10.2 Å². The first-order valence-corrected chi connectivity index (χ1v) is 5.93.